The maximum absolute atomic E-state index is 9.58. The summed E-state index contributed by atoms with van der Waals surface area (Å²) < 4.78 is 9.96. The molecule has 1 aliphatic heterocycles. The van der Waals surface area contributed by atoms with Gasteiger partial charge in [0.15, 0.2) is 0 Å². The molecule has 24 heavy (non-hydrogen) atoms. The molecule has 1 atom stereocenters. The summed E-state index contributed by atoms with van der Waals surface area (Å²) >= 11 is 0. The van der Waals surface area contributed by atoms with E-state index in [0.29, 0.717) is 18.5 Å². The summed E-state index contributed by atoms with van der Waals surface area (Å²) in [5.41, 5.74) is 1.09. The van der Waals surface area contributed by atoms with E-state index in [-0.39, 0.29) is 0 Å². The van der Waals surface area contributed by atoms with E-state index >= 15 is 0 Å². The van der Waals surface area contributed by atoms with Gasteiger partial charge in [0.2, 0.25) is 0 Å². The Morgan fingerprint density at radius 1 is 1.17 bits per heavy atom. The van der Waals surface area contributed by atoms with Crippen molar-refractivity contribution in [2.45, 2.75) is 64.4 Å². The molecule has 1 aromatic rings. The first kappa shape index (κ1) is 20.7. The summed E-state index contributed by atoms with van der Waals surface area (Å²) in [6.07, 6.45) is 12.4. The molecule has 1 unspecified atom stereocenters. The molecular formula is C21H34O3. The van der Waals surface area contributed by atoms with Crippen LogP contribution in [0.3, 0.4) is 0 Å². The van der Waals surface area contributed by atoms with Gasteiger partial charge in [0, 0.05) is 0 Å². The molecule has 0 aromatic heterocycles. The average Bonchev–Trinajstić information content (AvgIpc) is 3.41. The molecule has 0 radical (unpaired) electrons. The van der Waals surface area contributed by atoms with Crippen molar-refractivity contribution < 1.29 is 14.6 Å². The number of hydrogen-bond donors (Lipinski definition) is 1. The Morgan fingerprint density at radius 3 is 2.46 bits per heavy atom. The number of para-hydroxylation sites is 1. The first-order chi connectivity index (χ1) is 11.8. The lowest BCUT2D eigenvalue weighted by molar-refractivity contribution is 0.141. The third-order valence-electron chi connectivity index (χ3n) is 3.98. The second-order valence-electron chi connectivity index (χ2n) is 6.28. The predicted octanol–water partition coefficient (Wildman–Crippen LogP) is 5.27. The third kappa shape index (κ3) is 11.3. The SMILES string of the molecule is C=CCOCC1CO1.CCCCCCCCCc1ccccc1O. The molecule has 1 fully saturated rings. The van der Waals surface area contributed by atoms with Crippen LogP contribution in [0.5, 0.6) is 5.75 Å². The summed E-state index contributed by atoms with van der Waals surface area (Å²) in [6, 6.07) is 7.67. The number of aryl methyl sites for hydroxylation is 1. The molecule has 0 bridgehead atoms. The molecular weight excluding hydrogens is 300 g/mol. The fourth-order valence-corrected chi connectivity index (χ4v) is 2.44. The third-order valence-corrected chi connectivity index (χ3v) is 3.98. The zero-order chi connectivity index (χ0) is 17.5. The summed E-state index contributed by atoms with van der Waals surface area (Å²) in [6.45, 7) is 8.00. The van der Waals surface area contributed by atoms with E-state index < -0.39 is 0 Å². The molecule has 1 saturated heterocycles. The lowest BCUT2D eigenvalue weighted by Crippen LogP contribution is -2.00. The van der Waals surface area contributed by atoms with E-state index in [9.17, 15) is 5.11 Å². The number of phenols is 1. The Labute approximate surface area is 147 Å². The molecule has 0 amide bonds. The number of rotatable bonds is 12. The zero-order valence-electron chi connectivity index (χ0n) is 15.2. The molecule has 3 heteroatoms. The molecule has 3 nitrogen and oxygen atoms in total. The highest BCUT2D eigenvalue weighted by atomic mass is 16.6. The molecule has 0 spiro atoms. The van der Waals surface area contributed by atoms with Crippen molar-refractivity contribution in [3.8, 4) is 5.75 Å². The number of hydrogen-bond acceptors (Lipinski definition) is 3. The van der Waals surface area contributed by atoms with Crippen molar-refractivity contribution >= 4 is 0 Å². The van der Waals surface area contributed by atoms with Crippen LogP contribution in [0.4, 0.5) is 0 Å². The summed E-state index contributed by atoms with van der Waals surface area (Å²) in [5.74, 6) is 0.452. The van der Waals surface area contributed by atoms with Gasteiger partial charge in [-0.25, -0.2) is 0 Å². The maximum Gasteiger partial charge on any atom is 0.118 e. The highest BCUT2D eigenvalue weighted by Crippen LogP contribution is 2.18. The van der Waals surface area contributed by atoms with E-state index in [1.807, 2.05) is 18.2 Å². The average molecular weight is 334 g/mol. The van der Waals surface area contributed by atoms with Crippen LogP contribution in [-0.4, -0.2) is 31.0 Å². The molecule has 0 aliphatic carbocycles. The van der Waals surface area contributed by atoms with E-state index in [1.165, 1.54) is 44.9 Å². The van der Waals surface area contributed by atoms with Crippen LogP contribution in [-0.2, 0) is 15.9 Å². The Hall–Kier alpha value is -1.32. The fraction of sp³-hybridized carbons (Fsp3) is 0.619. The largest absolute Gasteiger partial charge is 0.508 e. The van der Waals surface area contributed by atoms with Gasteiger partial charge in [0.1, 0.15) is 11.9 Å². The molecule has 1 aromatic carbocycles. The molecule has 1 heterocycles. The predicted molar refractivity (Wildman–Crippen MR) is 101 cm³/mol. The van der Waals surface area contributed by atoms with Crippen molar-refractivity contribution in [3.05, 3.63) is 42.5 Å². The minimum atomic E-state index is 0.384. The minimum absolute atomic E-state index is 0.384. The summed E-state index contributed by atoms with van der Waals surface area (Å²) in [5, 5.41) is 9.58. The Kier molecular flexibility index (Phi) is 12.1. The van der Waals surface area contributed by atoms with Crippen molar-refractivity contribution in [2.75, 3.05) is 19.8 Å². The zero-order valence-corrected chi connectivity index (χ0v) is 15.2. The number of ether oxygens (including phenoxy) is 2. The first-order valence-electron chi connectivity index (χ1n) is 9.35. The monoisotopic (exact) mass is 334 g/mol. The van der Waals surface area contributed by atoms with Crippen LogP contribution < -0.4 is 0 Å². The minimum Gasteiger partial charge on any atom is -0.508 e. The molecule has 0 saturated carbocycles. The van der Waals surface area contributed by atoms with Gasteiger partial charge in [0.05, 0.1) is 19.8 Å². The van der Waals surface area contributed by atoms with Gasteiger partial charge in [-0.1, -0.05) is 69.7 Å². The standard InChI is InChI=1S/C15H24O.C6H10O2/c1-2-3-4-5-6-7-8-11-14-12-9-10-13-15(14)16;1-2-3-7-4-6-5-8-6/h9-10,12-13,16H,2-8,11H2,1H3;2,6H,1,3-5H2. The summed E-state index contributed by atoms with van der Waals surface area (Å²) in [4.78, 5) is 0. The van der Waals surface area contributed by atoms with Crippen LogP contribution in [0.2, 0.25) is 0 Å². The highest BCUT2D eigenvalue weighted by molar-refractivity contribution is 5.31. The lowest BCUT2D eigenvalue weighted by atomic mass is 10.0. The number of unbranched alkanes of at least 4 members (excludes halogenated alkanes) is 6. The quantitative estimate of drug-likeness (QED) is 0.321. The van der Waals surface area contributed by atoms with Gasteiger partial charge in [-0.15, -0.1) is 6.58 Å². The van der Waals surface area contributed by atoms with Crippen molar-refractivity contribution in [1.82, 2.24) is 0 Å². The van der Waals surface area contributed by atoms with Crippen molar-refractivity contribution in [1.29, 1.82) is 0 Å². The smallest absolute Gasteiger partial charge is 0.118 e. The van der Waals surface area contributed by atoms with Gasteiger partial charge in [0.25, 0.3) is 0 Å². The Balaban J connectivity index is 0.000000300. The van der Waals surface area contributed by atoms with Gasteiger partial charge in [-0.2, -0.15) is 0 Å². The Morgan fingerprint density at radius 2 is 1.83 bits per heavy atom. The first-order valence-corrected chi connectivity index (χ1v) is 9.35. The molecule has 136 valence electrons. The molecule has 2 rings (SSSR count). The van der Waals surface area contributed by atoms with Crippen LogP contribution in [0, 0.1) is 0 Å². The van der Waals surface area contributed by atoms with Gasteiger partial charge >= 0.3 is 0 Å². The van der Waals surface area contributed by atoms with Crippen LogP contribution in [0.1, 0.15) is 57.4 Å². The second kappa shape index (κ2) is 14.1. The van der Waals surface area contributed by atoms with E-state index in [2.05, 4.69) is 13.5 Å². The highest BCUT2D eigenvalue weighted by Gasteiger charge is 2.21. The normalized spacial score (nSPS) is 15.5. The summed E-state index contributed by atoms with van der Waals surface area (Å²) in [7, 11) is 0. The van der Waals surface area contributed by atoms with Gasteiger partial charge in [-0.3, -0.25) is 0 Å². The number of aromatic hydroxyl groups is 1. The van der Waals surface area contributed by atoms with E-state index in [4.69, 9.17) is 9.47 Å². The van der Waals surface area contributed by atoms with E-state index in [1.54, 1.807) is 12.1 Å². The van der Waals surface area contributed by atoms with Crippen molar-refractivity contribution in [2.24, 2.45) is 0 Å². The van der Waals surface area contributed by atoms with Gasteiger partial charge in [-0.05, 0) is 24.5 Å². The number of benzene rings is 1. The van der Waals surface area contributed by atoms with Crippen LogP contribution in [0.15, 0.2) is 36.9 Å². The van der Waals surface area contributed by atoms with Gasteiger partial charge < -0.3 is 14.6 Å². The Bertz CT molecular complexity index is 427. The number of phenolic OH excluding ortho intramolecular Hbond substituents is 1. The fourth-order valence-electron chi connectivity index (χ4n) is 2.44. The maximum atomic E-state index is 9.58. The second-order valence-corrected chi connectivity index (χ2v) is 6.28. The number of epoxide rings is 1. The lowest BCUT2D eigenvalue weighted by Gasteiger charge is -2.04. The molecule has 1 aliphatic rings. The van der Waals surface area contributed by atoms with Crippen molar-refractivity contribution in [3.63, 3.8) is 0 Å². The van der Waals surface area contributed by atoms with Crippen LogP contribution >= 0.6 is 0 Å². The van der Waals surface area contributed by atoms with E-state index in [0.717, 1.165) is 25.2 Å². The topological polar surface area (TPSA) is 42.0 Å². The molecule has 1 N–H and O–H groups in total. The van der Waals surface area contributed by atoms with Crippen LogP contribution in [0.25, 0.3) is 0 Å².